The molecule has 0 N–H and O–H groups in total. The zero-order chi connectivity index (χ0) is 11.4. The summed E-state index contributed by atoms with van der Waals surface area (Å²) in [5, 5.41) is 10.5. The van der Waals surface area contributed by atoms with Crippen LogP contribution in [0.5, 0.6) is 0 Å². The van der Waals surface area contributed by atoms with Gasteiger partial charge in [0.2, 0.25) is 0 Å². The maximum atomic E-state index is 11.2. The van der Waals surface area contributed by atoms with Crippen molar-refractivity contribution < 1.29 is 14.5 Å². The number of carbonyl (C=O) groups is 1. The lowest BCUT2D eigenvalue weighted by Crippen LogP contribution is -2.08. The maximum absolute atomic E-state index is 11.2. The van der Waals surface area contributed by atoms with Crippen LogP contribution in [0.4, 0.5) is 5.69 Å². The van der Waals surface area contributed by atoms with Gasteiger partial charge in [0.1, 0.15) is 4.83 Å². The van der Waals surface area contributed by atoms with Crippen LogP contribution in [0.25, 0.3) is 0 Å². The number of hydrogen-bond donors (Lipinski definition) is 0. The van der Waals surface area contributed by atoms with Crippen LogP contribution in [0, 0.1) is 10.1 Å². The van der Waals surface area contributed by atoms with Crippen molar-refractivity contribution in [1.29, 1.82) is 0 Å². The SMILES string of the molecule is COC(=O)C(Br)c1cccc([N+](=O)[O-])c1. The van der Waals surface area contributed by atoms with Crippen molar-refractivity contribution in [1.82, 2.24) is 0 Å². The fraction of sp³-hybridized carbons (Fsp3) is 0.222. The highest BCUT2D eigenvalue weighted by Crippen LogP contribution is 2.26. The molecular weight excluding hydrogens is 266 g/mol. The smallest absolute Gasteiger partial charge is 0.324 e. The van der Waals surface area contributed by atoms with E-state index in [1.165, 1.54) is 25.3 Å². The summed E-state index contributed by atoms with van der Waals surface area (Å²) in [6.07, 6.45) is 0. The van der Waals surface area contributed by atoms with Gasteiger partial charge in [0.25, 0.3) is 5.69 Å². The first-order valence-corrected chi connectivity index (χ1v) is 4.94. The lowest BCUT2D eigenvalue weighted by molar-refractivity contribution is -0.384. The van der Waals surface area contributed by atoms with Crippen LogP contribution >= 0.6 is 15.9 Å². The number of ether oxygens (including phenoxy) is 1. The minimum atomic E-state index is -0.678. The second-order valence-corrected chi connectivity index (χ2v) is 3.65. The van der Waals surface area contributed by atoms with Gasteiger partial charge in [-0.3, -0.25) is 14.9 Å². The van der Waals surface area contributed by atoms with E-state index >= 15 is 0 Å². The molecule has 0 aliphatic rings. The summed E-state index contributed by atoms with van der Waals surface area (Å²) in [6.45, 7) is 0. The topological polar surface area (TPSA) is 69.4 Å². The van der Waals surface area contributed by atoms with Gasteiger partial charge >= 0.3 is 5.97 Å². The Hall–Kier alpha value is -1.43. The molecule has 80 valence electrons. The number of methoxy groups -OCH3 is 1. The molecule has 0 radical (unpaired) electrons. The fourth-order valence-corrected chi connectivity index (χ4v) is 1.51. The molecule has 1 rings (SSSR count). The summed E-state index contributed by atoms with van der Waals surface area (Å²) in [7, 11) is 1.26. The summed E-state index contributed by atoms with van der Waals surface area (Å²) >= 11 is 3.10. The number of rotatable bonds is 3. The van der Waals surface area contributed by atoms with Gasteiger partial charge in [-0.1, -0.05) is 28.1 Å². The first kappa shape index (κ1) is 11.6. The van der Waals surface area contributed by atoms with E-state index in [2.05, 4.69) is 20.7 Å². The van der Waals surface area contributed by atoms with Crippen molar-refractivity contribution in [3.63, 3.8) is 0 Å². The summed E-state index contributed by atoms with van der Waals surface area (Å²) in [4.78, 5) is 20.5. The first-order chi connectivity index (χ1) is 7.06. The normalized spacial score (nSPS) is 11.9. The van der Waals surface area contributed by atoms with Gasteiger partial charge in [0.15, 0.2) is 0 Å². The second-order valence-electron chi connectivity index (χ2n) is 2.74. The van der Waals surface area contributed by atoms with E-state index in [1.54, 1.807) is 6.07 Å². The Morgan fingerprint density at radius 1 is 1.60 bits per heavy atom. The standard InChI is InChI=1S/C9H8BrNO4/c1-15-9(12)8(10)6-3-2-4-7(5-6)11(13)14/h2-5,8H,1H3. The van der Waals surface area contributed by atoms with E-state index < -0.39 is 15.7 Å². The van der Waals surface area contributed by atoms with Crippen LogP contribution in [0.1, 0.15) is 10.4 Å². The van der Waals surface area contributed by atoms with E-state index in [-0.39, 0.29) is 5.69 Å². The van der Waals surface area contributed by atoms with Crippen LogP contribution in [0.2, 0.25) is 0 Å². The lowest BCUT2D eigenvalue weighted by atomic mass is 10.1. The molecule has 0 bridgehead atoms. The van der Waals surface area contributed by atoms with Crippen LogP contribution in [-0.4, -0.2) is 18.0 Å². The highest BCUT2D eigenvalue weighted by atomic mass is 79.9. The number of nitro groups is 1. The van der Waals surface area contributed by atoms with Crippen molar-refractivity contribution in [2.75, 3.05) is 7.11 Å². The molecule has 0 aliphatic heterocycles. The third-order valence-electron chi connectivity index (χ3n) is 1.78. The van der Waals surface area contributed by atoms with Crippen molar-refractivity contribution in [2.45, 2.75) is 4.83 Å². The molecule has 1 aromatic rings. The third kappa shape index (κ3) is 2.76. The quantitative estimate of drug-likeness (QED) is 0.366. The number of esters is 1. The first-order valence-electron chi connectivity index (χ1n) is 4.02. The van der Waals surface area contributed by atoms with Gasteiger partial charge in [0, 0.05) is 12.1 Å². The molecule has 0 fully saturated rings. The van der Waals surface area contributed by atoms with Gasteiger partial charge in [-0.2, -0.15) is 0 Å². The molecule has 0 aromatic heterocycles. The lowest BCUT2D eigenvalue weighted by Gasteiger charge is -2.06. The van der Waals surface area contributed by atoms with E-state index in [4.69, 9.17) is 0 Å². The Morgan fingerprint density at radius 3 is 2.80 bits per heavy atom. The van der Waals surface area contributed by atoms with Gasteiger partial charge < -0.3 is 4.74 Å². The van der Waals surface area contributed by atoms with Crippen LogP contribution in [0.15, 0.2) is 24.3 Å². The summed E-state index contributed by atoms with van der Waals surface area (Å²) < 4.78 is 4.51. The number of carbonyl (C=O) groups excluding carboxylic acids is 1. The third-order valence-corrected chi connectivity index (χ3v) is 2.68. The van der Waals surface area contributed by atoms with Gasteiger partial charge in [0.05, 0.1) is 12.0 Å². The Morgan fingerprint density at radius 2 is 2.27 bits per heavy atom. The number of alkyl halides is 1. The average Bonchev–Trinajstić information content (AvgIpc) is 2.27. The number of hydrogen-bond acceptors (Lipinski definition) is 4. The summed E-state index contributed by atoms with van der Waals surface area (Å²) in [5.41, 5.74) is 0.442. The molecule has 5 nitrogen and oxygen atoms in total. The minimum absolute atomic E-state index is 0.0548. The number of non-ortho nitro benzene ring substituents is 1. The molecule has 0 heterocycles. The second kappa shape index (κ2) is 4.88. The van der Waals surface area contributed by atoms with Crippen LogP contribution in [0.3, 0.4) is 0 Å². The summed E-state index contributed by atoms with van der Waals surface area (Å²) in [6, 6.07) is 5.82. The molecule has 1 atom stereocenters. The summed E-state index contributed by atoms with van der Waals surface area (Å²) in [5.74, 6) is -0.490. The van der Waals surface area contributed by atoms with Crippen molar-refractivity contribution in [3.05, 3.63) is 39.9 Å². The van der Waals surface area contributed by atoms with E-state index in [0.717, 1.165) is 0 Å². The predicted octanol–water partition coefficient (Wildman–Crippen LogP) is 2.20. The highest BCUT2D eigenvalue weighted by Gasteiger charge is 2.19. The average molecular weight is 274 g/mol. The maximum Gasteiger partial charge on any atom is 0.324 e. The molecule has 0 amide bonds. The largest absolute Gasteiger partial charge is 0.468 e. The number of nitro benzene ring substituents is 1. The minimum Gasteiger partial charge on any atom is -0.468 e. The number of halogens is 1. The van der Waals surface area contributed by atoms with Gasteiger partial charge in [-0.15, -0.1) is 0 Å². The van der Waals surface area contributed by atoms with E-state index in [9.17, 15) is 14.9 Å². The Kier molecular flexibility index (Phi) is 3.79. The Labute approximate surface area is 94.3 Å². The molecular formula is C9H8BrNO4. The van der Waals surface area contributed by atoms with Gasteiger partial charge in [-0.05, 0) is 5.56 Å². The molecule has 0 spiro atoms. The fourth-order valence-electron chi connectivity index (χ4n) is 1.04. The molecule has 1 unspecified atom stereocenters. The monoisotopic (exact) mass is 273 g/mol. The molecule has 6 heteroatoms. The van der Waals surface area contributed by atoms with Crippen molar-refractivity contribution in [2.24, 2.45) is 0 Å². The zero-order valence-corrected chi connectivity index (χ0v) is 9.43. The van der Waals surface area contributed by atoms with Crippen LogP contribution in [-0.2, 0) is 9.53 Å². The van der Waals surface area contributed by atoms with E-state index in [0.29, 0.717) is 5.56 Å². The number of nitrogens with zero attached hydrogens (tertiary/aromatic N) is 1. The predicted molar refractivity (Wildman–Crippen MR) is 56.8 cm³/mol. The molecule has 1 aromatic carbocycles. The highest BCUT2D eigenvalue weighted by molar-refractivity contribution is 9.09. The molecule has 15 heavy (non-hydrogen) atoms. The van der Waals surface area contributed by atoms with Crippen molar-refractivity contribution >= 4 is 27.6 Å². The molecule has 0 saturated heterocycles. The number of benzene rings is 1. The van der Waals surface area contributed by atoms with E-state index in [1.807, 2.05) is 0 Å². The van der Waals surface area contributed by atoms with Crippen molar-refractivity contribution in [3.8, 4) is 0 Å². The molecule has 0 aliphatic carbocycles. The van der Waals surface area contributed by atoms with Crippen LogP contribution < -0.4 is 0 Å². The Bertz CT molecular complexity index is 393. The Balaban J connectivity index is 3.00. The van der Waals surface area contributed by atoms with Gasteiger partial charge in [-0.25, -0.2) is 0 Å². The molecule has 0 saturated carbocycles. The zero-order valence-electron chi connectivity index (χ0n) is 7.84.